The number of nitrogens with zero attached hydrogens (tertiary/aromatic N) is 1. The Morgan fingerprint density at radius 2 is 1.53 bits per heavy atom. The zero-order valence-electron chi connectivity index (χ0n) is 9.70. The van der Waals surface area contributed by atoms with Crippen molar-refractivity contribution in [1.82, 2.24) is 0 Å². The van der Waals surface area contributed by atoms with E-state index >= 15 is 0 Å². The molecule has 0 saturated heterocycles. The van der Waals surface area contributed by atoms with Crippen molar-refractivity contribution in [3.05, 3.63) is 71.3 Å². The van der Waals surface area contributed by atoms with Gasteiger partial charge in [0.15, 0.2) is 0 Å². The average molecular weight is 276 g/mol. The topological polar surface area (TPSA) is 23.8 Å². The highest BCUT2D eigenvalue weighted by Gasteiger charge is 2.11. The second kappa shape index (κ2) is 5.64. The predicted molar refractivity (Wildman–Crippen MR) is 71.1 cm³/mol. The van der Waals surface area contributed by atoms with Crippen LogP contribution in [0, 0.1) is 23.0 Å². The van der Waals surface area contributed by atoms with Gasteiger partial charge in [-0.2, -0.15) is 5.26 Å². The Hall–Kier alpha value is -2.18. The molecule has 2 aromatic carbocycles. The van der Waals surface area contributed by atoms with E-state index in [0.29, 0.717) is 5.56 Å². The molecule has 0 radical (unpaired) electrons. The van der Waals surface area contributed by atoms with Crippen LogP contribution in [0.25, 0.3) is 10.6 Å². The molecule has 0 N–H and O–H groups in total. The monoisotopic (exact) mass is 275 g/mol. The molecule has 0 aromatic heterocycles. The van der Waals surface area contributed by atoms with Crippen LogP contribution < -0.4 is 0 Å². The van der Waals surface area contributed by atoms with Gasteiger partial charge in [0.2, 0.25) is 0 Å². The molecule has 19 heavy (non-hydrogen) atoms. The molecule has 0 saturated carbocycles. The van der Waals surface area contributed by atoms with Crippen LogP contribution in [0.1, 0.15) is 11.1 Å². The number of rotatable bonds is 2. The summed E-state index contributed by atoms with van der Waals surface area (Å²) in [4.78, 5) is 0. The molecule has 0 aliphatic heterocycles. The van der Waals surface area contributed by atoms with E-state index in [1.54, 1.807) is 30.3 Å². The largest absolute Gasteiger partial charge is 0.207 e. The summed E-state index contributed by atoms with van der Waals surface area (Å²) in [5, 5.41) is 9.19. The third kappa shape index (κ3) is 2.98. The minimum Gasteiger partial charge on any atom is -0.207 e. The number of benzene rings is 2. The van der Waals surface area contributed by atoms with E-state index in [-0.39, 0.29) is 16.2 Å². The van der Waals surface area contributed by atoms with E-state index < -0.39 is 11.6 Å². The lowest BCUT2D eigenvalue weighted by molar-refractivity contribution is 0.583. The van der Waals surface area contributed by atoms with Crippen molar-refractivity contribution < 1.29 is 8.78 Å². The van der Waals surface area contributed by atoms with Crippen molar-refractivity contribution in [3.8, 4) is 6.07 Å². The molecule has 1 nitrogen and oxygen atoms in total. The van der Waals surface area contributed by atoms with Crippen LogP contribution in [0.5, 0.6) is 0 Å². The van der Waals surface area contributed by atoms with Gasteiger partial charge in [-0.05, 0) is 17.7 Å². The van der Waals surface area contributed by atoms with E-state index in [1.807, 2.05) is 6.07 Å². The van der Waals surface area contributed by atoms with E-state index in [9.17, 15) is 8.78 Å². The van der Waals surface area contributed by atoms with Crippen LogP contribution >= 0.6 is 11.6 Å². The fourth-order valence-electron chi connectivity index (χ4n) is 1.67. The van der Waals surface area contributed by atoms with Gasteiger partial charge in [-0.25, -0.2) is 8.78 Å². The van der Waals surface area contributed by atoms with E-state index in [1.165, 1.54) is 0 Å². The number of hydrogen-bond donors (Lipinski definition) is 0. The predicted octanol–water partition coefficient (Wildman–Crippen LogP) is 4.60. The molecule has 4 heteroatoms. The summed E-state index contributed by atoms with van der Waals surface area (Å²) >= 11 is 6.07. The van der Waals surface area contributed by atoms with Gasteiger partial charge in [0, 0.05) is 11.6 Å². The highest BCUT2D eigenvalue weighted by molar-refractivity contribution is 6.53. The summed E-state index contributed by atoms with van der Waals surface area (Å²) in [6.45, 7) is 0. The Morgan fingerprint density at radius 3 is 2.05 bits per heavy atom. The third-order valence-electron chi connectivity index (χ3n) is 2.51. The molecule has 2 rings (SSSR count). The maximum Gasteiger partial charge on any atom is 0.126 e. The zero-order valence-corrected chi connectivity index (χ0v) is 10.5. The van der Waals surface area contributed by atoms with Crippen molar-refractivity contribution >= 4 is 22.2 Å². The van der Waals surface area contributed by atoms with Crippen molar-refractivity contribution in [2.24, 2.45) is 0 Å². The highest BCUT2D eigenvalue weighted by Crippen LogP contribution is 2.30. The highest BCUT2D eigenvalue weighted by atomic mass is 35.5. The summed E-state index contributed by atoms with van der Waals surface area (Å²) in [5.74, 6) is -1.47. The summed E-state index contributed by atoms with van der Waals surface area (Å²) < 4.78 is 26.3. The first-order valence-corrected chi connectivity index (χ1v) is 5.81. The first kappa shape index (κ1) is 13.3. The maximum absolute atomic E-state index is 13.2. The Kier molecular flexibility index (Phi) is 3.94. The molecule has 94 valence electrons. The van der Waals surface area contributed by atoms with Crippen LogP contribution in [0.2, 0.25) is 0 Å². The molecule has 0 aliphatic carbocycles. The van der Waals surface area contributed by atoms with Crippen LogP contribution in [-0.4, -0.2) is 0 Å². The molecule has 0 fully saturated rings. The van der Waals surface area contributed by atoms with Crippen LogP contribution in [-0.2, 0) is 0 Å². The summed E-state index contributed by atoms with van der Waals surface area (Å²) in [6.07, 6.45) is 0. The second-order valence-corrected chi connectivity index (χ2v) is 4.20. The fourth-order valence-corrected chi connectivity index (χ4v) is 1.93. The van der Waals surface area contributed by atoms with Gasteiger partial charge in [-0.1, -0.05) is 41.9 Å². The van der Waals surface area contributed by atoms with Crippen molar-refractivity contribution in [1.29, 1.82) is 5.26 Å². The summed E-state index contributed by atoms with van der Waals surface area (Å²) in [5.41, 5.74) is 0.909. The lowest BCUT2D eigenvalue weighted by atomic mass is 10.0. The lowest BCUT2D eigenvalue weighted by Crippen LogP contribution is -1.89. The number of hydrogen-bond acceptors (Lipinski definition) is 1. The number of allylic oxidation sites excluding steroid dienone is 1. The Morgan fingerprint density at radius 1 is 0.947 bits per heavy atom. The average Bonchev–Trinajstić information content (AvgIpc) is 2.39. The van der Waals surface area contributed by atoms with Gasteiger partial charge >= 0.3 is 0 Å². The Balaban J connectivity index is 2.59. The molecular formula is C15H8ClF2N. The molecule has 0 aliphatic rings. The van der Waals surface area contributed by atoms with Crippen LogP contribution in [0.15, 0.2) is 48.5 Å². The van der Waals surface area contributed by atoms with Gasteiger partial charge in [-0.3, -0.25) is 0 Å². The molecule has 2 aromatic rings. The molecular weight excluding hydrogens is 268 g/mol. The SMILES string of the molecule is N#CC(=C(Cl)c1cc(F)cc(F)c1)c1ccccc1. The number of halogens is 3. The van der Waals surface area contributed by atoms with Crippen LogP contribution in [0.4, 0.5) is 8.78 Å². The molecule has 0 spiro atoms. The standard InChI is InChI=1S/C15H8ClF2N/c16-15(11-6-12(17)8-13(18)7-11)14(9-19)10-4-2-1-3-5-10/h1-8H. The van der Waals surface area contributed by atoms with Gasteiger partial charge < -0.3 is 0 Å². The van der Waals surface area contributed by atoms with E-state index in [2.05, 4.69) is 0 Å². The molecule has 0 unspecified atom stereocenters. The van der Waals surface area contributed by atoms with Crippen molar-refractivity contribution in [2.45, 2.75) is 0 Å². The third-order valence-corrected chi connectivity index (χ3v) is 2.92. The maximum atomic E-state index is 13.2. The van der Waals surface area contributed by atoms with Gasteiger partial charge in [-0.15, -0.1) is 0 Å². The fraction of sp³-hybridized carbons (Fsp3) is 0. The Labute approximate surface area is 114 Å². The molecule has 0 amide bonds. The molecule has 0 atom stereocenters. The summed E-state index contributed by atoms with van der Waals surface area (Å²) in [6, 6.07) is 13.6. The first-order valence-electron chi connectivity index (χ1n) is 5.43. The zero-order chi connectivity index (χ0) is 13.8. The van der Waals surface area contributed by atoms with E-state index in [4.69, 9.17) is 16.9 Å². The number of nitriles is 1. The smallest absolute Gasteiger partial charge is 0.126 e. The van der Waals surface area contributed by atoms with Crippen molar-refractivity contribution in [2.75, 3.05) is 0 Å². The molecule has 0 bridgehead atoms. The minimum atomic E-state index is -0.737. The van der Waals surface area contributed by atoms with Crippen LogP contribution in [0.3, 0.4) is 0 Å². The molecule has 0 heterocycles. The van der Waals surface area contributed by atoms with E-state index in [0.717, 1.165) is 18.2 Å². The Bertz CT molecular complexity index is 652. The second-order valence-electron chi connectivity index (χ2n) is 3.82. The van der Waals surface area contributed by atoms with Gasteiger partial charge in [0.1, 0.15) is 17.7 Å². The summed E-state index contributed by atoms with van der Waals surface area (Å²) in [7, 11) is 0. The minimum absolute atomic E-state index is 0.0205. The van der Waals surface area contributed by atoms with Crippen molar-refractivity contribution in [3.63, 3.8) is 0 Å². The van der Waals surface area contributed by atoms with Gasteiger partial charge in [0.25, 0.3) is 0 Å². The normalized spacial score (nSPS) is 11.7. The first-order chi connectivity index (χ1) is 9.11. The lowest BCUT2D eigenvalue weighted by Gasteiger charge is -2.05. The van der Waals surface area contributed by atoms with Gasteiger partial charge in [0.05, 0.1) is 10.6 Å². The quantitative estimate of drug-likeness (QED) is 0.581.